The van der Waals surface area contributed by atoms with Crippen LogP contribution >= 0.6 is 0 Å². The van der Waals surface area contributed by atoms with Crippen molar-refractivity contribution >= 4 is 5.95 Å². The molecule has 2 heterocycles. The highest BCUT2D eigenvalue weighted by molar-refractivity contribution is 5.32. The van der Waals surface area contributed by atoms with Crippen molar-refractivity contribution in [1.82, 2.24) is 19.8 Å². The second kappa shape index (κ2) is 7.61. The highest BCUT2D eigenvalue weighted by Gasteiger charge is 2.13. The average Bonchev–Trinajstić information content (AvgIpc) is 2.84. The van der Waals surface area contributed by atoms with E-state index in [-0.39, 0.29) is 0 Å². The molecule has 0 bridgehead atoms. The van der Waals surface area contributed by atoms with E-state index in [9.17, 15) is 0 Å². The molecule has 1 aromatic heterocycles. The molecule has 1 aliphatic heterocycles. The molecular formula is C14H27N5O. The van der Waals surface area contributed by atoms with E-state index in [1.54, 1.807) is 7.11 Å². The van der Waals surface area contributed by atoms with Gasteiger partial charge in [0.1, 0.15) is 0 Å². The van der Waals surface area contributed by atoms with E-state index in [1.807, 2.05) is 6.92 Å². The highest BCUT2D eigenvalue weighted by atomic mass is 16.5. The number of hydrogen-bond acceptors (Lipinski definition) is 5. The van der Waals surface area contributed by atoms with Gasteiger partial charge in [0.05, 0.1) is 12.3 Å². The molecule has 0 amide bonds. The lowest BCUT2D eigenvalue weighted by molar-refractivity contribution is 0.187. The molecule has 1 fully saturated rings. The lowest BCUT2D eigenvalue weighted by Gasteiger charge is -2.29. The number of hydrogen-bond donors (Lipinski definition) is 1. The van der Waals surface area contributed by atoms with Gasteiger partial charge in [-0.25, -0.2) is 4.98 Å². The third kappa shape index (κ3) is 4.19. The fraction of sp³-hybridized carbons (Fsp3) is 0.786. The number of nitrogens with zero attached hydrogens (tertiary/aromatic N) is 4. The van der Waals surface area contributed by atoms with Gasteiger partial charge in [-0.1, -0.05) is 0 Å². The van der Waals surface area contributed by atoms with Crippen molar-refractivity contribution in [1.29, 1.82) is 0 Å². The zero-order chi connectivity index (χ0) is 14.4. The van der Waals surface area contributed by atoms with Crippen molar-refractivity contribution in [3.63, 3.8) is 0 Å². The Morgan fingerprint density at radius 1 is 1.35 bits per heavy atom. The molecule has 0 radical (unpaired) electrons. The van der Waals surface area contributed by atoms with Gasteiger partial charge in [0.15, 0.2) is 0 Å². The quantitative estimate of drug-likeness (QED) is 0.772. The van der Waals surface area contributed by atoms with Crippen LogP contribution in [0.25, 0.3) is 0 Å². The second-order valence-electron chi connectivity index (χ2n) is 5.38. The summed E-state index contributed by atoms with van der Waals surface area (Å²) >= 11 is 0. The first-order valence-electron chi connectivity index (χ1n) is 7.37. The molecule has 6 heteroatoms. The summed E-state index contributed by atoms with van der Waals surface area (Å²) in [4.78, 5) is 9.37. The molecule has 1 saturated heterocycles. The Labute approximate surface area is 121 Å². The first-order valence-corrected chi connectivity index (χ1v) is 7.37. The van der Waals surface area contributed by atoms with E-state index in [4.69, 9.17) is 4.74 Å². The lowest BCUT2D eigenvalue weighted by Crippen LogP contribution is -2.46. The first kappa shape index (κ1) is 15.3. The maximum atomic E-state index is 5.16. The largest absolute Gasteiger partial charge is 0.383 e. The fourth-order valence-electron chi connectivity index (χ4n) is 2.52. The number of aromatic nitrogens is 2. The van der Waals surface area contributed by atoms with Crippen LogP contribution in [0.2, 0.25) is 0 Å². The standard InChI is InChI=1S/C14H27N5O/c1-13-12-19(10-11-20-3)14(16-13)17(2)8-9-18-6-4-15-5-7-18/h12,15H,4-11H2,1-3H3. The number of nitrogens with one attached hydrogen (secondary N) is 1. The Morgan fingerprint density at radius 2 is 2.10 bits per heavy atom. The molecule has 1 N–H and O–H groups in total. The molecule has 0 aliphatic carbocycles. The van der Waals surface area contributed by atoms with E-state index in [0.29, 0.717) is 6.61 Å². The van der Waals surface area contributed by atoms with Crippen LogP contribution in [0.15, 0.2) is 6.20 Å². The van der Waals surface area contributed by atoms with Gasteiger partial charge in [-0.05, 0) is 6.92 Å². The van der Waals surface area contributed by atoms with E-state index in [0.717, 1.165) is 57.5 Å². The number of likely N-dealkylation sites (N-methyl/N-ethyl adjacent to an activating group) is 1. The summed E-state index contributed by atoms with van der Waals surface area (Å²) < 4.78 is 7.34. The number of piperazine rings is 1. The minimum Gasteiger partial charge on any atom is -0.383 e. The SMILES string of the molecule is COCCn1cc(C)nc1N(C)CCN1CCNCC1. The van der Waals surface area contributed by atoms with Crippen molar-refractivity contribution in [2.75, 3.05) is 64.9 Å². The zero-order valence-corrected chi connectivity index (χ0v) is 12.9. The number of aryl methyl sites for hydroxylation is 1. The number of methoxy groups -OCH3 is 1. The van der Waals surface area contributed by atoms with Crippen LogP contribution in [-0.2, 0) is 11.3 Å². The molecule has 0 aromatic carbocycles. The van der Waals surface area contributed by atoms with Crippen LogP contribution in [0.5, 0.6) is 0 Å². The highest BCUT2D eigenvalue weighted by Crippen LogP contribution is 2.12. The normalized spacial score (nSPS) is 16.6. The minimum atomic E-state index is 0.717. The van der Waals surface area contributed by atoms with Crippen molar-refractivity contribution in [3.05, 3.63) is 11.9 Å². The molecule has 0 unspecified atom stereocenters. The van der Waals surface area contributed by atoms with Crippen LogP contribution in [-0.4, -0.2) is 74.5 Å². The molecule has 1 aliphatic rings. The summed E-state index contributed by atoms with van der Waals surface area (Å²) in [6.45, 7) is 10.2. The van der Waals surface area contributed by atoms with Gasteiger partial charge < -0.3 is 19.5 Å². The van der Waals surface area contributed by atoms with Gasteiger partial charge in [-0.15, -0.1) is 0 Å². The van der Waals surface area contributed by atoms with Gasteiger partial charge in [0, 0.05) is 66.2 Å². The molecule has 2 rings (SSSR count). The van der Waals surface area contributed by atoms with Crippen molar-refractivity contribution in [2.24, 2.45) is 0 Å². The first-order chi connectivity index (χ1) is 9.70. The van der Waals surface area contributed by atoms with Crippen LogP contribution in [0.4, 0.5) is 5.95 Å². The summed E-state index contributed by atoms with van der Waals surface area (Å²) in [6, 6.07) is 0. The van der Waals surface area contributed by atoms with Crippen molar-refractivity contribution < 1.29 is 4.74 Å². The van der Waals surface area contributed by atoms with Gasteiger partial charge in [0.2, 0.25) is 5.95 Å². The summed E-state index contributed by atoms with van der Waals surface area (Å²) in [5.41, 5.74) is 1.06. The lowest BCUT2D eigenvalue weighted by atomic mass is 10.3. The Balaban J connectivity index is 1.88. The molecule has 0 spiro atoms. The Bertz CT molecular complexity index is 400. The van der Waals surface area contributed by atoms with Crippen molar-refractivity contribution in [3.8, 4) is 0 Å². The Hall–Kier alpha value is -1.11. The monoisotopic (exact) mass is 281 g/mol. The maximum absolute atomic E-state index is 5.16. The maximum Gasteiger partial charge on any atom is 0.205 e. The predicted octanol–water partition coefficient (Wildman–Crippen LogP) is 0.179. The van der Waals surface area contributed by atoms with Gasteiger partial charge in [-0.3, -0.25) is 4.90 Å². The number of ether oxygens (including phenoxy) is 1. The summed E-state index contributed by atoms with van der Waals surface area (Å²) in [5.74, 6) is 1.04. The summed E-state index contributed by atoms with van der Waals surface area (Å²) in [7, 11) is 3.85. The second-order valence-corrected chi connectivity index (χ2v) is 5.38. The Morgan fingerprint density at radius 3 is 2.80 bits per heavy atom. The molecule has 20 heavy (non-hydrogen) atoms. The van der Waals surface area contributed by atoms with Crippen LogP contribution < -0.4 is 10.2 Å². The average molecular weight is 281 g/mol. The molecule has 1 aromatic rings. The van der Waals surface area contributed by atoms with E-state index < -0.39 is 0 Å². The fourth-order valence-corrected chi connectivity index (χ4v) is 2.52. The molecule has 6 nitrogen and oxygen atoms in total. The number of anilines is 1. The van der Waals surface area contributed by atoms with E-state index >= 15 is 0 Å². The number of imidazole rings is 1. The van der Waals surface area contributed by atoms with Gasteiger partial charge in [0.25, 0.3) is 0 Å². The summed E-state index contributed by atoms with van der Waals surface area (Å²) in [5, 5.41) is 3.38. The Kier molecular flexibility index (Phi) is 5.82. The molecule has 0 saturated carbocycles. The van der Waals surface area contributed by atoms with Crippen LogP contribution in [0, 0.1) is 6.92 Å². The van der Waals surface area contributed by atoms with Crippen LogP contribution in [0.1, 0.15) is 5.69 Å². The van der Waals surface area contributed by atoms with E-state index in [1.165, 1.54) is 0 Å². The van der Waals surface area contributed by atoms with E-state index in [2.05, 4.69) is 37.9 Å². The third-order valence-electron chi connectivity index (χ3n) is 3.71. The number of rotatable bonds is 7. The topological polar surface area (TPSA) is 45.6 Å². The van der Waals surface area contributed by atoms with Crippen LogP contribution in [0.3, 0.4) is 0 Å². The predicted molar refractivity (Wildman–Crippen MR) is 81.4 cm³/mol. The minimum absolute atomic E-state index is 0.717. The smallest absolute Gasteiger partial charge is 0.205 e. The molecular weight excluding hydrogens is 254 g/mol. The zero-order valence-electron chi connectivity index (χ0n) is 12.9. The van der Waals surface area contributed by atoms with Gasteiger partial charge in [-0.2, -0.15) is 0 Å². The third-order valence-corrected chi connectivity index (χ3v) is 3.71. The molecule has 114 valence electrons. The molecule has 0 atom stereocenters. The van der Waals surface area contributed by atoms with Gasteiger partial charge >= 0.3 is 0 Å². The van der Waals surface area contributed by atoms with Crippen molar-refractivity contribution in [2.45, 2.75) is 13.5 Å². The summed E-state index contributed by atoms with van der Waals surface area (Å²) in [6.07, 6.45) is 2.09.